The molecule has 1 aliphatic rings. The van der Waals surface area contributed by atoms with E-state index in [2.05, 4.69) is 27.6 Å². The molecule has 0 spiro atoms. The number of nitrogens with zero attached hydrogens (tertiary/aromatic N) is 2. The highest BCUT2D eigenvalue weighted by Gasteiger charge is 2.33. The van der Waals surface area contributed by atoms with E-state index >= 15 is 0 Å². The molecule has 4 N–H and O–H groups in total. The van der Waals surface area contributed by atoms with Crippen molar-refractivity contribution in [1.29, 1.82) is 0 Å². The molecule has 5 heteroatoms. The molecular formula is C11H19N5. The lowest BCUT2D eigenvalue weighted by Crippen LogP contribution is -2.15. The molecule has 5 nitrogen and oxygen atoms in total. The van der Waals surface area contributed by atoms with Gasteiger partial charge in [0.25, 0.3) is 0 Å². The maximum Gasteiger partial charge on any atom is 0.148 e. The van der Waals surface area contributed by atoms with Gasteiger partial charge in [0.2, 0.25) is 0 Å². The highest BCUT2D eigenvalue weighted by molar-refractivity contribution is 5.57. The van der Waals surface area contributed by atoms with Crippen LogP contribution in [0.4, 0.5) is 11.6 Å². The Morgan fingerprint density at radius 1 is 1.38 bits per heavy atom. The van der Waals surface area contributed by atoms with E-state index in [1.165, 1.54) is 6.42 Å². The van der Waals surface area contributed by atoms with Gasteiger partial charge < -0.3 is 10.7 Å². The van der Waals surface area contributed by atoms with E-state index in [0.717, 1.165) is 29.5 Å². The fourth-order valence-corrected chi connectivity index (χ4v) is 1.70. The third-order valence-electron chi connectivity index (χ3n) is 3.08. The number of hydrogen-bond acceptors (Lipinski definition) is 5. The molecular weight excluding hydrogens is 202 g/mol. The second-order valence-electron chi connectivity index (χ2n) is 4.42. The fraction of sp³-hybridized carbons (Fsp3) is 0.636. The zero-order valence-corrected chi connectivity index (χ0v) is 10.0. The molecule has 0 bridgehead atoms. The van der Waals surface area contributed by atoms with Gasteiger partial charge >= 0.3 is 0 Å². The maximum absolute atomic E-state index is 5.45. The van der Waals surface area contributed by atoms with Crippen LogP contribution in [-0.4, -0.2) is 16.0 Å². The van der Waals surface area contributed by atoms with Gasteiger partial charge in [0.15, 0.2) is 0 Å². The van der Waals surface area contributed by atoms with Gasteiger partial charge in [-0.3, -0.25) is 0 Å². The van der Waals surface area contributed by atoms with Gasteiger partial charge in [-0.2, -0.15) is 0 Å². The maximum atomic E-state index is 5.45. The van der Waals surface area contributed by atoms with Gasteiger partial charge in [-0.15, -0.1) is 0 Å². The molecule has 0 radical (unpaired) electrons. The van der Waals surface area contributed by atoms with Gasteiger partial charge in [-0.05, 0) is 19.3 Å². The topological polar surface area (TPSA) is 75.9 Å². The minimum atomic E-state index is 0.559. The van der Waals surface area contributed by atoms with Crippen LogP contribution in [0.2, 0.25) is 0 Å². The van der Waals surface area contributed by atoms with E-state index in [1.807, 2.05) is 13.8 Å². The third-order valence-corrected chi connectivity index (χ3v) is 3.08. The van der Waals surface area contributed by atoms with Crippen LogP contribution in [0.25, 0.3) is 0 Å². The van der Waals surface area contributed by atoms with Crippen molar-refractivity contribution in [2.45, 2.75) is 39.7 Å². The van der Waals surface area contributed by atoms with Gasteiger partial charge in [-0.1, -0.05) is 13.8 Å². The van der Waals surface area contributed by atoms with Crippen LogP contribution in [0.3, 0.4) is 0 Å². The molecule has 0 aliphatic heterocycles. The number of nitrogen functional groups attached to an aromatic ring is 1. The Labute approximate surface area is 95.8 Å². The summed E-state index contributed by atoms with van der Waals surface area (Å²) in [5, 5.41) is 3.44. The fourth-order valence-electron chi connectivity index (χ4n) is 1.70. The molecule has 16 heavy (non-hydrogen) atoms. The van der Waals surface area contributed by atoms with Crippen molar-refractivity contribution in [2.24, 2.45) is 11.8 Å². The quantitative estimate of drug-likeness (QED) is 0.530. The summed E-state index contributed by atoms with van der Waals surface area (Å²) in [6, 6.07) is 0.559. The molecule has 2 unspecified atom stereocenters. The number of anilines is 2. The SMILES string of the molecule is CCc1nc(NN)c(C)c(NC2CC2C)n1. The van der Waals surface area contributed by atoms with Crippen LogP contribution >= 0.6 is 0 Å². The Balaban J connectivity index is 2.27. The summed E-state index contributed by atoms with van der Waals surface area (Å²) in [5.74, 6) is 8.63. The molecule has 88 valence electrons. The average molecular weight is 221 g/mol. The molecule has 1 aliphatic carbocycles. The van der Waals surface area contributed by atoms with Gasteiger partial charge in [0.05, 0.1) is 0 Å². The van der Waals surface area contributed by atoms with Crippen molar-refractivity contribution in [1.82, 2.24) is 9.97 Å². The Hall–Kier alpha value is -1.36. The third kappa shape index (κ3) is 2.09. The van der Waals surface area contributed by atoms with Crippen LogP contribution in [0.1, 0.15) is 31.7 Å². The first-order valence-corrected chi connectivity index (χ1v) is 5.76. The lowest BCUT2D eigenvalue weighted by molar-refractivity contribution is 0.893. The molecule has 1 saturated carbocycles. The zero-order valence-electron chi connectivity index (χ0n) is 10.0. The smallest absolute Gasteiger partial charge is 0.148 e. The van der Waals surface area contributed by atoms with Crippen LogP contribution in [-0.2, 0) is 6.42 Å². The van der Waals surface area contributed by atoms with E-state index in [9.17, 15) is 0 Å². The van der Waals surface area contributed by atoms with Crippen molar-refractivity contribution >= 4 is 11.6 Å². The number of aryl methyl sites for hydroxylation is 1. The van der Waals surface area contributed by atoms with E-state index in [4.69, 9.17) is 5.84 Å². The van der Waals surface area contributed by atoms with Crippen molar-refractivity contribution in [3.05, 3.63) is 11.4 Å². The number of hydrazine groups is 1. The predicted molar refractivity (Wildman–Crippen MR) is 65.1 cm³/mol. The Morgan fingerprint density at radius 2 is 2.00 bits per heavy atom. The molecule has 1 aromatic rings. The summed E-state index contributed by atoms with van der Waals surface area (Å²) in [7, 11) is 0. The standard InChI is InChI=1S/C11H19N5/c1-4-9-14-10(13-8-5-6(8)2)7(3)11(15-9)16-12/h6,8H,4-5,12H2,1-3H3,(H2,13,14,15,16). The molecule has 1 fully saturated rings. The number of rotatable bonds is 4. The summed E-state index contributed by atoms with van der Waals surface area (Å²) in [5.41, 5.74) is 3.61. The van der Waals surface area contributed by atoms with Gasteiger partial charge in [0.1, 0.15) is 17.5 Å². The lowest BCUT2D eigenvalue weighted by Gasteiger charge is -2.12. The van der Waals surface area contributed by atoms with Crippen LogP contribution in [0, 0.1) is 12.8 Å². The number of nitrogens with two attached hydrogens (primary N) is 1. The molecule has 2 rings (SSSR count). The average Bonchev–Trinajstić information content (AvgIpc) is 2.97. The first kappa shape index (κ1) is 11.1. The monoisotopic (exact) mass is 221 g/mol. The van der Waals surface area contributed by atoms with Crippen molar-refractivity contribution in [2.75, 3.05) is 10.7 Å². The molecule has 1 heterocycles. The van der Waals surface area contributed by atoms with E-state index < -0.39 is 0 Å². The first-order valence-electron chi connectivity index (χ1n) is 5.76. The highest BCUT2D eigenvalue weighted by atomic mass is 15.3. The van der Waals surface area contributed by atoms with Crippen LogP contribution < -0.4 is 16.6 Å². The summed E-state index contributed by atoms with van der Waals surface area (Å²) in [6.45, 7) is 6.25. The van der Waals surface area contributed by atoms with E-state index in [0.29, 0.717) is 11.9 Å². The summed E-state index contributed by atoms with van der Waals surface area (Å²) >= 11 is 0. The number of hydrogen-bond donors (Lipinski definition) is 3. The second kappa shape index (κ2) is 4.25. The van der Waals surface area contributed by atoms with E-state index in [1.54, 1.807) is 0 Å². The minimum absolute atomic E-state index is 0.559. The second-order valence-corrected chi connectivity index (χ2v) is 4.42. The molecule has 0 aromatic carbocycles. The Kier molecular flexibility index (Phi) is 2.96. The molecule has 1 aromatic heterocycles. The number of nitrogens with one attached hydrogen (secondary N) is 2. The molecule has 0 amide bonds. The number of aromatic nitrogens is 2. The van der Waals surface area contributed by atoms with Gasteiger partial charge in [-0.25, -0.2) is 15.8 Å². The molecule has 2 atom stereocenters. The van der Waals surface area contributed by atoms with Crippen LogP contribution in [0.5, 0.6) is 0 Å². The Morgan fingerprint density at radius 3 is 2.50 bits per heavy atom. The summed E-state index contributed by atoms with van der Waals surface area (Å²) in [6.07, 6.45) is 2.03. The normalized spacial score (nSPS) is 23.0. The molecule has 0 saturated heterocycles. The summed E-state index contributed by atoms with van der Waals surface area (Å²) in [4.78, 5) is 8.83. The van der Waals surface area contributed by atoms with Crippen LogP contribution in [0.15, 0.2) is 0 Å². The Bertz CT molecular complexity index is 390. The zero-order chi connectivity index (χ0) is 11.7. The largest absolute Gasteiger partial charge is 0.367 e. The highest BCUT2D eigenvalue weighted by Crippen LogP contribution is 2.33. The predicted octanol–water partition coefficient (Wildman–Crippen LogP) is 1.45. The van der Waals surface area contributed by atoms with Crippen molar-refractivity contribution in [3.63, 3.8) is 0 Å². The summed E-state index contributed by atoms with van der Waals surface area (Å²) < 4.78 is 0. The van der Waals surface area contributed by atoms with Crippen molar-refractivity contribution < 1.29 is 0 Å². The first-order chi connectivity index (χ1) is 7.65. The van der Waals surface area contributed by atoms with Gasteiger partial charge in [0, 0.05) is 18.0 Å². The lowest BCUT2D eigenvalue weighted by atomic mass is 10.3. The van der Waals surface area contributed by atoms with E-state index in [-0.39, 0.29) is 0 Å². The minimum Gasteiger partial charge on any atom is -0.367 e. The van der Waals surface area contributed by atoms with Crippen molar-refractivity contribution in [3.8, 4) is 0 Å².